The Morgan fingerprint density at radius 2 is 1.80 bits per heavy atom. The molecule has 0 saturated heterocycles. The van der Waals surface area contributed by atoms with Gasteiger partial charge in [0.05, 0.1) is 18.4 Å². The van der Waals surface area contributed by atoms with E-state index in [1.807, 2.05) is 30.3 Å². The van der Waals surface area contributed by atoms with Gasteiger partial charge in [-0.25, -0.2) is 13.2 Å². The highest BCUT2D eigenvalue weighted by atomic mass is 32.2. The number of carbonyl (C=O) groups excluding carboxylic acids is 1. The number of aliphatic hydroxyl groups is 1. The van der Waals surface area contributed by atoms with E-state index in [4.69, 9.17) is 35.4 Å². The molecule has 3 aromatic rings. The number of ether oxygens (including phenoxy) is 4. The van der Waals surface area contributed by atoms with Crippen LogP contribution in [0.5, 0.6) is 17.2 Å². The van der Waals surface area contributed by atoms with E-state index in [1.165, 1.54) is 32.9 Å². The van der Waals surface area contributed by atoms with Gasteiger partial charge >= 0.3 is 6.09 Å². The number of carbonyl (C=O) groups is 1. The van der Waals surface area contributed by atoms with Crippen molar-refractivity contribution in [2.24, 2.45) is 5.89 Å². The van der Waals surface area contributed by atoms with Crippen molar-refractivity contribution < 1.29 is 53.7 Å². The van der Waals surface area contributed by atoms with Crippen LogP contribution in [0.4, 0.5) is 4.79 Å². The zero-order valence-electron chi connectivity index (χ0n) is 36.3. The van der Waals surface area contributed by atoms with Gasteiger partial charge in [-0.15, -0.1) is 0 Å². The summed E-state index contributed by atoms with van der Waals surface area (Å²) >= 11 is 0. The third kappa shape index (κ3) is 9.35. The molecule has 44 heavy (non-hydrogen) atoms. The second-order valence-electron chi connectivity index (χ2n) is 10.7. The van der Waals surface area contributed by atoms with Crippen LogP contribution < -0.4 is 19.5 Å². The normalized spacial score (nSPS) is 21.4. The minimum absolute atomic E-state index is 0.224. The Morgan fingerprint density at radius 3 is 2.48 bits per heavy atom. The Balaban J connectivity index is 1.81. The van der Waals surface area contributed by atoms with Crippen LogP contribution in [-0.4, -0.2) is 61.4 Å². The van der Waals surface area contributed by atoms with E-state index in [-0.39, 0.29) is 12.4 Å². The van der Waals surface area contributed by atoms with Gasteiger partial charge in [-0.1, -0.05) is 56.2 Å². The molecule has 238 valence electrons. The predicted octanol–water partition coefficient (Wildman–Crippen LogP) is 5.14. The Labute approximate surface area is 276 Å². The summed E-state index contributed by atoms with van der Waals surface area (Å²) in [6, 6.07) is 15.8. The molecule has 1 aliphatic rings. The second kappa shape index (κ2) is 14.3. The first-order valence-electron chi connectivity index (χ1n) is 19.4. The summed E-state index contributed by atoms with van der Waals surface area (Å²) in [6.07, 6.45) is -4.99. The molecule has 0 aromatic heterocycles. The van der Waals surface area contributed by atoms with Gasteiger partial charge in [0.25, 0.3) is 0 Å². The first-order valence-corrected chi connectivity index (χ1v) is 14.9. The van der Waals surface area contributed by atoms with Crippen molar-refractivity contribution >= 4 is 16.1 Å². The molecule has 3 aromatic carbocycles. The summed E-state index contributed by atoms with van der Waals surface area (Å²) in [5, 5.41) is 14.1. The average Bonchev–Trinajstić information content (AvgIpc) is 3.37. The number of hydrogen-bond acceptors (Lipinski definition) is 8. The summed E-state index contributed by atoms with van der Waals surface area (Å²) in [4.78, 5) is 12.1. The van der Waals surface area contributed by atoms with Gasteiger partial charge < -0.3 is 29.4 Å². The first kappa shape index (κ1) is 20.3. The molecular formula is C33H42N2O8S. The average molecular weight is 639 g/mol. The van der Waals surface area contributed by atoms with Crippen LogP contribution in [-0.2, 0) is 27.8 Å². The van der Waals surface area contributed by atoms with Crippen LogP contribution in [0.2, 0.25) is 0 Å². The van der Waals surface area contributed by atoms with Crippen LogP contribution in [0, 0.1) is 5.89 Å². The second-order valence-corrected chi connectivity index (χ2v) is 12.6. The quantitative estimate of drug-likeness (QED) is 0.264. The molecule has 1 amide bonds. The first-order chi connectivity index (χ1) is 25.4. The van der Waals surface area contributed by atoms with Crippen molar-refractivity contribution in [2.45, 2.75) is 70.1 Å². The lowest BCUT2D eigenvalue weighted by Gasteiger charge is -2.31. The van der Waals surface area contributed by atoms with Gasteiger partial charge in [0.15, 0.2) is 11.5 Å². The highest BCUT2D eigenvalue weighted by Crippen LogP contribution is 2.35. The van der Waals surface area contributed by atoms with Gasteiger partial charge in [-0.2, -0.15) is 4.31 Å². The molecule has 4 rings (SSSR count). The lowest BCUT2D eigenvalue weighted by atomic mass is 10.0. The van der Waals surface area contributed by atoms with Crippen molar-refractivity contribution in [3.05, 3.63) is 83.9 Å². The maximum absolute atomic E-state index is 14.4. The van der Waals surface area contributed by atoms with Crippen molar-refractivity contribution in [3.63, 3.8) is 0 Å². The summed E-state index contributed by atoms with van der Waals surface area (Å²) in [7, 11) is -5.61. The number of fused-ring (bicyclic) bond motifs is 1. The van der Waals surface area contributed by atoms with Gasteiger partial charge in [-0.3, -0.25) is 0 Å². The number of alkyl carbamates (subject to hydrolysis) is 1. The fourth-order valence-electron chi connectivity index (χ4n) is 4.02. The minimum Gasteiger partial charge on any atom is -0.489 e. The van der Waals surface area contributed by atoms with Gasteiger partial charge in [0.2, 0.25) is 16.8 Å². The summed E-state index contributed by atoms with van der Waals surface area (Å²) in [5.74, 6) is -4.62. The monoisotopic (exact) mass is 638 g/mol. The van der Waals surface area contributed by atoms with Crippen LogP contribution in [0.1, 0.15) is 62.1 Å². The molecule has 0 unspecified atom stereocenters. The van der Waals surface area contributed by atoms with Crippen molar-refractivity contribution in [2.75, 3.05) is 19.8 Å². The zero-order valence-corrected chi connectivity index (χ0v) is 25.1. The fraction of sp³-hybridized carbons (Fsp3) is 0.424. The zero-order chi connectivity index (χ0) is 42.3. The number of amides is 1. The van der Waals surface area contributed by atoms with E-state index >= 15 is 0 Å². The fourth-order valence-corrected chi connectivity index (χ4v) is 5.28. The smallest absolute Gasteiger partial charge is 0.407 e. The SMILES string of the molecule is [2H]C1([2H])Oc2ccc(S(=O)(=O)N(C[C@@]([2H])(O)[C@H](Cc3ccc(OCc4ccccc4)cc3)NC(=O)OC(C)(C)C)C([2H])([2H])C([2H])(C([2H])([2H])[2H])C([2H])([2H])[2H])cc2O1. The lowest BCUT2D eigenvalue weighted by molar-refractivity contribution is 0.0400. The third-order valence-electron chi connectivity index (χ3n) is 6.05. The van der Waals surface area contributed by atoms with Crippen molar-refractivity contribution in [3.8, 4) is 17.2 Å². The highest BCUT2D eigenvalue weighted by Gasteiger charge is 2.33. The topological polar surface area (TPSA) is 124 Å². The summed E-state index contributed by atoms with van der Waals surface area (Å²) in [6.45, 7) is -12.1. The standard InChI is InChI=1S/C33H42N2O8S/c1-23(2)19-35(44(38,39)27-15-16-30-31(18-27)42-22-41-30)20-29(36)28(34-32(37)43-33(3,4)5)17-24-11-13-26(14-12-24)40-21-25-9-7-6-8-10-25/h6-16,18,23,28-29,36H,17,19-22H2,1-5H3,(H,34,37)/t28-,29+/m0/s1/i1D3,2D3,19D2,22D2,23D,29D. The van der Waals surface area contributed by atoms with E-state index in [9.17, 15) is 18.3 Å². The molecule has 2 N–H and O–H groups in total. The highest BCUT2D eigenvalue weighted by molar-refractivity contribution is 7.89. The van der Waals surface area contributed by atoms with Gasteiger partial charge in [0, 0.05) is 31.4 Å². The molecule has 2 atom stereocenters. The number of hydrogen-bond donors (Lipinski definition) is 2. The Hall–Kier alpha value is -3.80. The maximum Gasteiger partial charge on any atom is 0.407 e. The third-order valence-corrected chi connectivity index (χ3v) is 7.70. The number of nitrogens with one attached hydrogen (secondary N) is 1. The van der Waals surface area contributed by atoms with E-state index in [2.05, 4.69) is 5.32 Å². The number of benzene rings is 3. The van der Waals surface area contributed by atoms with E-state index < -0.39 is 94.6 Å². The van der Waals surface area contributed by atoms with Crippen LogP contribution in [0.3, 0.4) is 0 Å². The summed E-state index contributed by atoms with van der Waals surface area (Å²) < 4.78 is 148. The predicted molar refractivity (Wildman–Crippen MR) is 166 cm³/mol. The van der Waals surface area contributed by atoms with E-state index in [1.54, 1.807) is 12.1 Å². The molecule has 1 heterocycles. The van der Waals surface area contributed by atoms with Crippen molar-refractivity contribution in [1.29, 1.82) is 0 Å². The number of nitrogens with zero attached hydrogens (tertiary/aromatic N) is 1. The molecule has 0 saturated carbocycles. The molecule has 0 fully saturated rings. The Kier molecular flexibility index (Phi) is 6.60. The summed E-state index contributed by atoms with van der Waals surface area (Å²) in [5.41, 5.74) is 0.0943. The molecule has 1 aliphatic heterocycles. The molecule has 0 bridgehead atoms. The van der Waals surface area contributed by atoms with E-state index in [0.29, 0.717) is 17.4 Å². The Bertz CT molecular complexity index is 1960. The molecule has 0 spiro atoms. The van der Waals surface area contributed by atoms with Crippen molar-refractivity contribution in [1.82, 2.24) is 9.62 Å². The molecule has 0 aliphatic carbocycles. The largest absolute Gasteiger partial charge is 0.489 e. The number of rotatable bonds is 13. The molecule has 11 heteroatoms. The van der Waals surface area contributed by atoms with Crippen LogP contribution in [0.25, 0.3) is 0 Å². The van der Waals surface area contributed by atoms with Gasteiger partial charge in [-0.05, 0) is 68.5 Å². The minimum atomic E-state index is -5.61. The molecule has 0 radical (unpaired) electrons. The molecular weight excluding hydrogens is 584 g/mol. The van der Waals surface area contributed by atoms with Crippen LogP contribution >= 0.6 is 0 Å². The molecule has 10 nitrogen and oxygen atoms in total. The maximum atomic E-state index is 14.4. The Morgan fingerprint density at radius 1 is 1.09 bits per heavy atom. The van der Waals surface area contributed by atoms with Gasteiger partial charge in [0.1, 0.15) is 20.7 Å². The number of sulfonamides is 1. The lowest BCUT2D eigenvalue weighted by Crippen LogP contribution is -2.51. The van der Waals surface area contributed by atoms with Crippen LogP contribution in [0.15, 0.2) is 77.7 Å². The van der Waals surface area contributed by atoms with E-state index in [0.717, 1.165) is 17.7 Å².